The van der Waals surface area contributed by atoms with E-state index in [0.29, 0.717) is 46.2 Å². The monoisotopic (exact) mass is 581 g/mol. The highest BCUT2D eigenvalue weighted by Gasteiger charge is 2.44. The molecule has 0 bridgehead atoms. The van der Waals surface area contributed by atoms with Crippen molar-refractivity contribution in [3.8, 4) is 11.3 Å². The number of halogens is 1. The quantitative estimate of drug-likeness (QED) is 0.324. The van der Waals surface area contributed by atoms with Gasteiger partial charge < -0.3 is 15.4 Å². The minimum absolute atomic E-state index is 0.0839. The summed E-state index contributed by atoms with van der Waals surface area (Å²) in [6.07, 6.45) is 4.52. The van der Waals surface area contributed by atoms with Crippen molar-refractivity contribution in [1.29, 1.82) is 0 Å². The number of fused-ring (bicyclic) bond motifs is 1. The highest BCUT2D eigenvalue weighted by molar-refractivity contribution is 7.90. The number of nitrogens with zero attached hydrogens (tertiary/aromatic N) is 5. The molecule has 1 aliphatic carbocycles. The number of sulfone groups is 1. The molecule has 2 fully saturated rings. The number of aryl methyl sites for hydroxylation is 3. The summed E-state index contributed by atoms with van der Waals surface area (Å²) in [6.45, 7) is 4.38. The van der Waals surface area contributed by atoms with E-state index in [4.69, 9.17) is 9.72 Å². The maximum atomic E-state index is 13.6. The first-order valence-corrected chi connectivity index (χ1v) is 15.5. The van der Waals surface area contributed by atoms with E-state index in [0.717, 1.165) is 31.1 Å². The van der Waals surface area contributed by atoms with Crippen molar-refractivity contribution in [3.05, 3.63) is 41.9 Å². The minimum Gasteiger partial charge on any atom is -0.358 e. The topological polar surface area (TPSA) is 133 Å². The van der Waals surface area contributed by atoms with Crippen LogP contribution in [0.2, 0.25) is 0 Å². The van der Waals surface area contributed by atoms with Gasteiger partial charge in [0.1, 0.15) is 29.6 Å². The molecule has 1 aliphatic heterocycles. The van der Waals surface area contributed by atoms with Gasteiger partial charge in [-0.25, -0.2) is 22.8 Å². The molecular weight excluding hydrogens is 549 g/mol. The maximum absolute atomic E-state index is 13.6. The van der Waals surface area contributed by atoms with Crippen LogP contribution in [0.1, 0.15) is 43.3 Å². The van der Waals surface area contributed by atoms with E-state index in [1.165, 1.54) is 0 Å². The lowest BCUT2D eigenvalue weighted by molar-refractivity contribution is -0.117. The fraction of sp³-hybridized carbons (Fsp3) is 0.429. The molecule has 2 unspecified atom stereocenters. The Morgan fingerprint density at radius 3 is 2.56 bits per heavy atom. The lowest BCUT2D eigenvalue weighted by atomic mass is 10.1. The molecule has 1 amide bonds. The standard InChI is InChI=1S/C28H32FN7O4S/c1-15-14-35(3)34-25(15)17-8-9-20(22(11-17)41(4,38)39)31-21-13-23(33-28(37)18-12-19(18)29)32-27-26(21)30-16(2)36(27)24-7-5-6-10-40-24/h8-9,11,13-14,18-19,24H,5-7,10,12H2,1-4H3,(H2,31,32,33,37)/t18-,19?,24?/m0/s1. The van der Waals surface area contributed by atoms with Crippen LogP contribution in [0.3, 0.4) is 0 Å². The van der Waals surface area contributed by atoms with Crippen LogP contribution in [0.4, 0.5) is 21.6 Å². The minimum atomic E-state index is -3.67. The second kappa shape index (κ2) is 10.2. The van der Waals surface area contributed by atoms with Gasteiger partial charge in [0.05, 0.1) is 27.9 Å². The van der Waals surface area contributed by atoms with Gasteiger partial charge in [0.25, 0.3) is 0 Å². The Bertz CT molecular complexity index is 1780. The summed E-state index contributed by atoms with van der Waals surface area (Å²) in [7, 11) is -1.86. The van der Waals surface area contributed by atoms with E-state index in [2.05, 4.69) is 20.7 Å². The lowest BCUT2D eigenvalue weighted by Gasteiger charge is -2.25. The Morgan fingerprint density at radius 1 is 1.15 bits per heavy atom. The molecule has 0 spiro atoms. The van der Waals surface area contributed by atoms with Gasteiger partial charge in [0, 0.05) is 37.7 Å². The third kappa shape index (κ3) is 5.31. The van der Waals surface area contributed by atoms with Gasteiger partial charge in [-0.2, -0.15) is 5.10 Å². The molecule has 41 heavy (non-hydrogen) atoms. The molecule has 11 nitrogen and oxygen atoms in total. The van der Waals surface area contributed by atoms with Crippen molar-refractivity contribution in [2.75, 3.05) is 23.5 Å². The molecule has 1 saturated carbocycles. The number of benzene rings is 1. The molecule has 4 heterocycles. The van der Waals surface area contributed by atoms with Crippen molar-refractivity contribution in [3.63, 3.8) is 0 Å². The van der Waals surface area contributed by atoms with E-state index in [9.17, 15) is 17.6 Å². The third-order valence-electron chi connectivity index (χ3n) is 7.50. The number of pyridine rings is 1. The molecule has 3 atom stereocenters. The second-order valence-corrected chi connectivity index (χ2v) is 12.9. The number of rotatable bonds is 7. The summed E-state index contributed by atoms with van der Waals surface area (Å²) in [5.74, 6) is -0.264. The number of hydrogen-bond donors (Lipinski definition) is 2. The smallest absolute Gasteiger partial charge is 0.231 e. The number of amides is 1. The van der Waals surface area contributed by atoms with E-state index in [-0.39, 0.29) is 23.4 Å². The lowest BCUT2D eigenvalue weighted by Crippen LogP contribution is -2.20. The van der Waals surface area contributed by atoms with Gasteiger partial charge in [-0.15, -0.1) is 0 Å². The van der Waals surface area contributed by atoms with Gasteiger partial charge in [-0.3, -0.25) is 14.0 Å². The van der Waals surface area contributed by atoms with Gasteiger partial charge in [-0.05, 0) is 57.2 Å². The average molecular weight is 582 g/mol. The van der Waals surface area contributed by atoms with Crippen LogP contribution < -0.4 is 10.6 Å². The molecule has 2 N–H and O–H groups in total. The van der Waals surface area contributed by atoms with Gasteiger partial charge in [0.15, 0.2) is 15.5 Å². The summed E-state index contributed by atoms with van der Waals surface area (Å²) in [4.78, 5) is 22.1. The number of carbonyl (C=O) groups is 1. The zero-order valence-corrected chi connectivity index (χ0v) is 24.1. The van der Waals surface area contributed by atoms with Crippen molar-refractivity contribution in [2.24, 2.45) is 13.0 Å². The van der Waals surface area contributed by atoms with Crippen LogP contribution in [-0.4, -0.2) is 57.7 Å². The fourth-order valence-corrected chi connectivity index (χ4v) is 6.23. The van der Waals surface area contributed by atoms with Crippen LogP contribution in [0, 0.1) is 19.8 Å². The molecule has 1 aromatic carbocycles. The number of carbonyl (C=O) groups excluding carboxylic acids is 1. The third-order valence-corrected chi connectivity index (χ3v) is 8.64. The van der Waals surface area contributed by atoms with Crippen molar-refractivity contribution >= 4 is 44.1 Å². The van der Waals surface area contributed by atoms with Crippen LogP contribution in [0.15, 0.2) is 35.4 Å². The number of imidazole rings is 1. The summed E-state index contributed by atoms with van der Waals surface area (Å²) < 4.78 is 49.1. The molecule has 2 aliphatic rings. The average Bonchev–Trinajstić information content (AvgIpc) is 3.42. The van der Waals surface area contributed by atoms with Crippen molar-refractivity contribution in [2.45, 2.75) is 56.8 Å². The molecule has 1 saturated heterocycles. The Labute approximate surface area is 237 Å². The van der Waals surface area contributed by atoms with Gasteiger partial charge >= 0.3 is 0 Å². The normalized spacial score (nSPS) is 20.8. The predicted molar refractivity (Wildman–Crippen MR) is 153 cm³/mol. The van der Waals surface area contributed by atoms with Gasteiger partial charge in [0.2, 0.25) is 5.91 Å². The van der Waals surface area contributed by atoms with E-state index >= 15 is 0 Å². The molecule has 13 heteroatoms. The van der Waals surface area contributed by atoms with Crippen LogP contribution in [0.5, 0.6) is 0 Å². The molecule has 4 aromatic rings. The summed E-state index contributed by atoms with van der Waals surface area (Å²) in [5.41, 5.74) is 4.03. The fourth-order valence-electron chi connectivity index (χ4n) is 5.37. The first-order chi connectivity index (χ1) is 19.5. The zero-order valence-electron chi connectivity index (χ0n) is 23.3. The van der Waals surface area contributed by atoms with Gasteiger partial charge in [-0.1, -0.05) is 6.07 Å². The largest absolute Gasteiger partial charge is 0.358 e. The number of anilines is 3. The highest BCUT2D eigenvalue weighted by atomic mass is 32.2. The number of ether oxygens (including phenoxy) is 1. The summed E-state index contributed by atoms with van der Waals surface area (Å²) in [6, 6.07) is 6.69. The molecule has 3 aromatic heterocycles. The first-order valence-electron chi connectivity index (χ1n) is 13.6. The number of nitrogens with one attached hydrogen (secondary N) is 2. The number of aromatic nitrogens is 5. The molecule has 0 radical (unpaired) electrons. The summed E-state index contributed by atoms with van der Waals surface area (Å²) >= 11 is 0. The zero-order chi connectivity index (χ0) is 29.1. The first kappa shape index (κ1) is 27.3. The van der Waals surface area contributed by atoms with E-state index in [1.807, 2.05) is 37.7 Å². The Balaban J connectivity index is 1.46. The number of alkyl halides is 1. The molecule has 216 valence electrons. The van der Waals surface area contributed by atoms with Crippen molar-refractivity contribution < 1.29 is 22.3 Å². The van der Waals surface area contributed by atoms with Crippen molar-refractivity contribution in [1.82, 2.24) is 24.3 Å². The SMILES string of the molecule is Cc1cn(C)nc1-c1ccc(Nc2cc(NC(=O)[C@H]3CC3F)nc3c2nc(C)n3C2CCCCO2)c(S(C)(=O)=O)c1. The maximum Gasteiger partial charge on any atom is 0.231 e. The Morgan fingerprint density at radius 2 is 1.93 bits per heavy atom. The predicted octanol–water partition coefficient (Wildman–Crippen LogP) is 4.59. The second-order valence-electron chi connectivity index (χ2n) is 10.9. The molecule has 6 rings (SSSR count). The Hall–Kier alpha value is -3.84. The highest BCUT2D eigenvalue weighted by Crippen LogP contribution is 2.38. The van der Waals surface area contributed by atoms with E-state index in [1.54, 1.807) is 22.9 Å². The van der Waals surface area contributed by atoms with Crippen LogP contribution in [0.25, 0.3) is 22.4 Å². The summed E-state index contributed by atoms with van der Waals surface area (Å²) in [5, 5.41) is 10.5. The van der Waals surface area contributed by atoms with Crippen LogP contribution in [-0.2, 0) is 26.4 Å². The molecular formula is C28H32FN7O4S. The Kier molecular flexibility index (Phi) is 6.81. The number of hydrogen-bond acceptors (Lipinski definition) is 8. The van der Waals surface area contributed by atoms with Crippen LogP contribution >= 0.6 is 0 Å². The van der Waals surface area contributed by atoms with E-state index < -0.39 is 27.8 Å².